The van der Waals surface area contributed by atoms with Crippen molar-refractivity contribution in [2.75, 3.05) is 39.4 Å². The fraction of sp³-hybridized carbons (Fsp3) is 0.533. The van der Waals surface area contributed by atoms with Crippen LogP contribution in [0, 0.1) is 10.1 Å². The van der Waals surface area contributed by atoms with E-state index in [1.165, 1.54) is 18.2 Å². The summed E-state index contributed by atoms with van der Waals surface area (Å²) < 4.78 is 5.29. The minimum atomic E-state index is -0.542. The summed E-state index contributed by atoms with van der Waals surface area (Å²) in [6.07, 6.45) is 1.86. The molecule has 1 aliphatic heterocycles. The summed E-state index contributed by atoms with van der Waals surface area (Å²) in [6, 6.07) is 3.84. The van der Waals surface area contributed by atoms with Gasteiger partial charge in [0.05, 0.1) is 28.7 Å². The maximum absolute atomic E-state index is 12.0. The van der Waals surface area contributed by atoms with E-state index in [-0.39, 0.29) is 22.2 Å². The Hall–Kier alpha value is -1.70. The van der Waals surface area contributed by atoms with E-state index in [4.69, 9.17) is 16.3 Å². The molecule has 1 aromatic rings. The van der Waals surface area contributed by atoms with Crippen molar-refractivity contribution in [2.24, 2.45) is 0 Å². The molecular formula is C15H20ClN3O4. The molecule has 1 aliphatic rings. The van der Waals surface area contributed by atoms with Crippen LogP contribution in [0.5, 0.6) is 0 Å². The van der Waals surface area contributed by atoms with E-state index in [9.17, 15) is 14.9 Å². The van der Waals surface area contributed by atoms with Crippen LogP contribution in [0.1, 0.15) is 23.2 Å². The Morgan fingerprint density at radius 1 is 1.35 bits per heavy atom. The number of nitro groups is 1. The van der Waals surface area contributed by atoms with Crippen molar-refractivity contribution in [1.29, 1.82) is 0 Å². The molecule has 0 unspecified atom stereocenters. The van der Waals surface area contributed by atoms with Gasteiger partial charge in [0.2, 0.25) is 0 Å². The smallest absolute Gasteiger partial charge is 0.270 e. The molecule has 1 saturated heterocycles. The van der Waals surface area contributed by atoms with Crippen LogP contribution >= 0.6 is 11.6 Å². The standard InChI is InChI=1S/C15H20ClN3O4/c16-14-11-12(19(21)22)3-4-13(14)15(20)17-5-1-2-6-18-7-9-23-10-8-18/h3-4,11H,1-2,5-10H2,(H,17,20). The van der Waals surface area contributed by atoms with Gasteiger partial charge in [-0.25, -0.2) is 0 Å². The molecule has 1 heterocycles. The summed E-state index contributed by atoms with van der Waals surface area (Å²) in [4.78, 5) is 24.5. The first kappa shape index (κ1) is 17.7. The van der Waals surface area contributed by atoms with Crippen molar-refractivity contribution < 1.29 is 14.5 Å². The van der Waals surface area contributed by atoms with E-state index in [1.807, 2.05) is 0 Å². The molecule has 0 aliphatic carbocycles. The molecule has 0 atom stereocenters. The van der Waals surface area contributed by atoms with Crippen LogP contribution < -0.4 is 5.32 Å². The summed E-state index contributed by atoms with van der Waals surface area (Å²) >= 11 is 5.93. The van der Waals surface area contributed by atoms with Crippen LogP contribution in [0.25, 0.3) is 0 Å². The Balaban J connectivity index is 1.71. The number of nitro benzene ring substituents is 1. The van der Waals surface area contributed by atoms with Gasteiger partial charge in [-0.3, -0.25) is 19.8 Å². The first-order valence-corrected chi connectivity index (χ1v) is 7.98. The van der Waals surface area contributed by atoms with Gasteiger partial charge in [-0.15, -0.1) is 0 Å². The molecule has 23 heavy (non-hydrogen) atoms. The molecule has 1 aromatic carbocycles. The number of carbonyl (C=O) groups is 1. The largest absolute Gasteiger partial charge is 0.379 e. The molecule has 1 N–H and O–H groups in total. The molecule has 126 valence electrons. The lowest BCUT2D eigenvalue weighted by atomic mass is 10.2. The van der Waals surface area contributed by atoms with Gasteiger partial charge in [-0.2, -0.15) is 0 Å². The minimum Gasteiger partial charge on any atom is -0.379 e. The van der Waals surface area contributed by atoms with E-state index < -0.39 is 4.92 Å². The number of unbranched alkanes of at least 4 members (excludes halogenated alkanes) is 1. The number of nitrogens with zero attached hydrogens (tertiary/aromatic N) is 2. The zero-order valence-electron chi connectivity index (χ0n) is 12.8. The van der Waals surface area contributed by atoms with Gasteiger partial charge >= 0.3 is 0 Å². The van der Waals surface area contributed by atoms with E-state index in [2.05, 4.69) is 10.2 Å². The summed E-state index contributed by atoms with van der Waals surface area (Å²) in [6.45, 7) is 5.05. The van der Waals surface area contributed by atoms with E-state index in [0.717, 1.165) is 45.7 Å². The van der Waals surface area contributed by atoms with Gasteiger partial charge in [0, 0.05) is 31.8 Å². The fourth-order valence-corrected chi connectivity index (χ4v) is 2.64. The highest BCUT2D eigenvalue weighted by atomic mass is 35.5. The summed E-state index contributed by atoms with van der Waals surface area (Å²) in [7, 11) is 0. The van der Waals surface area contributed by atoms with Gasteiger partial charge < -0.3 is 10.1 Å². The van der Waals surface area contributed by atoms with Gasteiger partial charge in [0.25, 0.3) is 11.6 Å². The summed E-state index contributed by atoms with van der Waals surface area (Å²) in [5, 5.41) is 13.5. The van der Waals surface area contributed by atoms with Crippen LogP contribution in [0.15, 0.2) is 18.2 Å². The molecule has 1 amide bonds. The van der Waals surface area contributed by atoms with E-state index >= 15 is 0 Å². The Morgan fingerprint density at radius 2 is 2.09 bits per heavy atom. The monoisotopic (exact) mass is 341 g/mol. The number of amides is 1. The van der Waals surface area contributed by atoms with Crippen molar-refractivity contribution in [3.05, 3.63) is 38.9 Å². The molecule has 0 aromatic heterocycles. The fourth-order valence-electron chi connectivity index (χ4n) is 2.38. The maximum atomic E-state index is 12.0. The SMILES string of the molecule is O=C(NCCCCN1CCOCC1)c1ccc([N+](=O)[O-])cc1Cl. The Kier molecular flexibility index (Phi) is 6.76. The highest BCUT2D eigenvalue weighted by molar-refractivity contribution is 6.34. The lowest BCUT2D eigenvalue weighted by Gasteiger charge is -2.26. The number of nitrogens with one attached hydrogen (secondary N) is 1. The molecule has 8 heteroatoms. The predicted octanol–water partition coefficient (Wildman–Crippen LogP) is 2.09. The normalized spacial score (nSPS) is 15.3. The first-order valence-electron chi connectivity index (χ1n) is 7.60. The zero-order chi connectivity index (χ0) is 16.7. The predicted molar refractivity (Wildman–Crippen MR) is 86.9 cm³/mol. The second kappa shape index (κ2) is 8.81. The average Bonchev–Trinajstić information content (AvgIpc) is 2.55. The Morgan fingerprint density at radius 3 is 2.74 bits per heavy atom. The molecule has 0 saturated carbocycles. The third-order valence-corrected chi connectivity index (χ3v) is 4.01. The summed E-state index contributed by atoms with van der Waals surface area (Å²) in [5.41, 5.74) is 0.127. The second-order valence-corrected chi connectivity index (χ2v) is 5.75. The number of rotatable bonds is 7. The zero-order valence-corrected chi connectivity index (χ0v) is 13.6. The van der Waals surface area contributed by atoms with Crippen molar-refractivity contribution in [3.8, 4) is 0 Å². The minimum absolute atomic E-state index is 0.0880. The number of ether oxygens (including phenoxy) is 1. The third kappa shape index (κ3) is 5.46. The van der Waals surface area contributed by atoms with Gasteiger partial charge in [0.15, 0.2) is 0 Å². The topological polar surface area (TPSA) is 84.7 Å². The highest BCUT2D eigenvalue weighted by Crippen LogP contribution is 2.22. The third-order valence-electron chi connectivity index (χ3n) is 3.70. The Labute approximate surface area is 139 Å². The highest BCUT2D eigenvalue weighted by Gasteiger charge is 2.14. The number of halogens is 1. The van der Waals surface area contributed by atoms with Gasteiger partial charge in [-0.05, 0) is 25.5 Å². The van der Waals surface area contributed by atoms with Crippen LogP contribution in [0.2, 0.25) is 5.02 Å². The van der Waals surface area contributed by atoms with Crippen LogP contribution in [-0.2, 0) is 4.74 Å². The molecule has 0 radical (unpaired) electrons. The number of non-ortho nitro benzene ring substituents is 1. The number of carbonyl (C=O) groups excluding carboxylic acids is 1. The van der Waals surface area contributed by atoms with Crippen LogP contribution in [0.3, 0.4) is 0 Å². The van der Waals surface area contributed by atoms with Crippen molar-refractivity contribution in [3.63, 3.8) is 0 Å². The number of hydrogen-bond donors (Lipinski definition) is 1. The lowest BCUT2D eigenvalue weighted by molar-refractivity contribution is -0.384. The molecule has 0 spiro atoms. The number of hydrogen-bond acceptors (Lipinski definition) is 5. The van der Waals surface area contributed by atoms with E-state index in [0.29, 0.717) is 6.54 Å². The number of benzene rings is 1. The molecule has 1 fully saturated rings. The van der Waals surface area contributed by atoms with Crippen molar-refractivity contribution >= 4 is 23.2 Å². The average molecular weight is 342 g/mol. The molecule has 0 bridgehead atoms. The van der Waals surface area contributed by atoms with Crippen LogP contribution in [0.4, 0.5) is 5.69 Å². The maximum Gasteiger partial charge on any atom is 0.270 e. The second-order valence-electron chi connectivity index (χ2n) is 5.34. The lowest BCUT2D eigenvalue weighted by Crippen LogP contribution is -2.37. The summed E-state index contributed by atoms with van der Waals surface area (Å²) in [5.74, 6) is -0.309. The first-order chi connectivity index (χ1) is 11.1. The van der Waals surface area contributed by atoms with Crippen LogP contribution in [-0.4, -0.2) is 55.1 Å². The van der Waals surface area contributed by atoms with Gasteiger partial charge in [-0.1, -0.05) is 11.6 Å². The number of morpholine rings is 1. The Bertz CT molecular complexity index is 562. The quantitative estimate of drug-likeness (QED) is 0.466. The molecule has 2 rings (SSSR count). The molecule has 7 nitrogen and oxygen atoms in total. The van der Waals surface area contributed by atoms with E-state index in [1.54, 1.807) is 0 Å². The van der Waals surface area contributed by atoms with Crippen molar-refractivity contribution in [2.45, 2.75) is 12.8 Å². The van der Waals surface area contributed by atoms with Gasteiger partial charge in [0.1, 0.15) is 0 Å². The van der Waals surface area contributed by atoms with Crippen molar-refractivity contribution in [1.82, 2.24) is 10.2 Å². The molecular weight excluding hydrogens is 322 g/mol.